The van der Waals surface area contributed by atoms with Gasteiger partial charge in [-0.2, -0.15) is 0 Å². The van der Waals surface area contributed by atoms with Crippen molar-refractivity contribution in [2.24, 2.45) is 5.92 Å². The smallest absolute Gasteiger partial charge is 0.113 e. The van der Waals surface area contributed by atoms with Gasteiger partial charge in [0.2, 0.25) is 0 Å². The highest BCUT2D eigenvalue weighted by Gasteiger charge is 2.39. The molecule has 1 aromatic heterocycles. The summed E-state index contributed by atoms with van der Waals surface area (Å²) in [5.41, 5.74) is 1.41. The molecule has 1 N–H and O–H groups in total. The van der Waals surface area contributed by atoms with Crippen LogP contribution in [0.1, 0.15) is 75.4 Å². The Balaban J connectivity index is 2.31. The number of thiazole rings is 1. The van der Waals surface area contributed by atoms with Crippen molar-refractivity contribution in [2.45, 2.75) is 84.7 Å². The van der Waals surface area contributed by atoms with Gasteiger partial charge in [-0.05, 0) is 44.9 Å². The van der Waals surface area contributed by atoms with Crippen molar-refractivity contribution in [2.75, 3.05) is 0 Å². The number of hydrogen-bond donors (Lipinski definition) is 1. The van der Waals surface area contributed by atoms with Crippen LogP contribution >= 0.6 is 11.3 Å². The lowest BCUT2D eigenvalue weighted by Gasteiger charge is -2.34. The molecule has 0 radical (unpaired) electrons. The van der Waals surface area contributed by atoms with E-state index < -0.39 is 0 Å². The highest BCUT2D eigenvalue weighted by atomic mass is 32.1. The fraction of sp³-hybridized carbons (Fsp3) is 0.824. The molecular weight excluding hydrogens is 264 g/mol. The molecule has 1 aliphatic rings. The van der Waals surface area contributed by atoms with Crippen LogP contribution in [0.15, 0.2) is 0 Å². The summed E-state index contributed by atoms with van der Waals surface area (Å²) in [7, 11) is 0. The lowest BCUT2D eigenvalue weighted by atomic mass is 9.85. The Morgan fingerprint density at radius 1 is 1.35 bits per heavy atom. The van der Waals surface area contributed by atoms with Gasteiger partial charge in [0.1, 0.15) is 5.01 Å². The first-order chi connectivity index (χ1) is 9.54. The van der Waals surface area contributed by atoms with Gasteiger partial charge in [-0.15, -0.1) is 11.3 Å². The van der Waals surface area contributed by atoms with E-state index in [-0.39, 0.29) is 5.54 Å². The Morgan fingerprint density at radius 2 is 2.05 bits per heavy atom. The molecule has 2 nitrogen and oxygen atoms in total. The SMILES string of the molecule is CCc1nc(C(CC)(CC(C)CC)NC2CC2)sc1C. The molecule has 1 aromatic rings. The molecule has 1 fully saturated rings. The van der Waals surface area contributed by atoms with E-state index in [9.17, 15) is 0 Å². The molecule has 0 spiro atoms. The van der Waals surface area contributed by atoms with Crippen LogP contribution in [0.5, 0.6) is 0 Å². The molecule has 0 aliphatic heterocycles. The first-order valence-electron chi connectivity index (χ1n) is 8.29. The maximum absolute atomic E-state index is 5.00. The van der Waals surface area contributed by atoms with Gasteiger partial charge in [0.05, 0.1) is 11.2 Å². The molecule has 0 saturated heterocycles. The van der Waals surface area contributed by atoms with E-state index in [1.54, 1.807) is 0 Å². The molecule has 2 atom stereocenters. The number of rotatable bonds is 8. The normalized spacial score (nSPS) is 19.9. The van der Waals surface area contributed by atoms with Crippen molar-refractivity contribution in [1.29, 1.82) is 0 Å². The summed E-state index contributed by atoms with van der Waals surface area (Å²) in [5.74, 6) is 0.746. The first-order valence-corrected chi connectivity index (χ1v) is 9.10. The summed E-state index contributed by atoms with van der Waals surface area (Å²) < 4.78 is 0. The molecule has 1 saturated carbocycles. The van der Waals surface area contributed by atoms with Crippen molar-refractivity contribution in [3.63, 3.8) is 0 Å². The average Bonchev–Trinajstić information content (AvgIpc) is 3.17. The Bertz CT molecular complexity index is 436. The Hall–Kier alpha value is -0.410. The molecule has 1 heterocycles. The minimum Gasteiger partial charge on any atom is -0.303 e. The average molecular weight is 295 g/mol. The summed E-state index contributed by atoms with van der Waals surface area (Å²) >= 11 is 1.92. The molecular formula is C17H30N2S. The van der Waals surface area contributed by atoms with Crippen molar-refractivity contribution < 1.29 is 0 Å². The standard InChI is InChI=1S/C17H30N2S/c1-6-12(4)11-17(8-3,19-14-9-10-14)16-18-15(7-2)13(5)20-16/h12,14,19H,6-11H2,1-5H3. The number of nitrogens with one attached hydrogen (secondary N) is 1. The lowest BCUT2D eigenvalue weighted by molar-refractivity contribution is 0.246. The molecule has 0 aromatic carbocycles. The highest BCUT2D eigenvalue weighted by Crippen LogP contribution is 2.39. The third kappa shape index (κ3) is 3.43. The first kappa shape index (κ1) is 16.0. The quantitative estimate of drug-likeness (QED) is 0.744. The van der Waals surface area contributed by atoms with E-state index in [4.69, 9.17) is 4.98 Å². The fourth-order valence-corrected chi connectivity index (χ4v) is 4.16. The maximum atomic E-state index is 5.00. The maximum Gasteiger partial charge on any atom is 0.113 e. The lowest BCUT2D eigenvalue weighted by Crippen LogP contribution is -2.44. The summed E-state index contributed by atoms with van der Waals surface area (Å²) in [5, 5.41) is 5.28. The number of nitrogens with zero attached hydrogens (tertiary/aromatic N) is 1. The van der Waals surface area contributed by atoms with Crippen molar-refractivity contribution in [3.8, 4) is 0 Å². The summed E-state index contributed by atoms with van der Waals surface area (Å²) in [6.45, 7) is 11.4. The second-order valence-electron chi connectivity index (χ2n) is 6.45. The zero-order chi connectivity index (χ0) is 14.8. The van der Waals surface area contributed by atoms with Gasteiger partial charge < -0.3 is 5.32 Å². The second-order valence-corrected chi connectivity index (χ2v) is 7.65. The third-order valence-corrected chi connectivity index (χ3v) is 5.91. The number of aryl methyl sites for hydroxylation is 2. The zero-order valence-electron chi connectivity index (χ0n) is 13.8. The minimum absolute atomic E-state index is 0.111. The predicted octanol–water partition coefficient (Wildman–Crippen LogP) is 4.81. The third-order valence-electron chi connectivity index (χ3n) is 4.69. The highest BCUT2D eigenvalue weighted by molar-refractivity contribution is 7.11. The zero-order valence-corrected chi connectivity index (χ0v) is 14.6. The van der Waals surface area contributed by atoms with Crippen molar-refractivity contribution >= 4 is 11.3 Å². The van der Waals surface area contributed by atoms with Gasteiger partial charge in [-0.3, -0.25) is 0 Å². The van der Waals surface area contributed by atoms with Crippen LogP contribution in [0.25, 0.3) is 0 Å². The molecule has 3 heteroatoms. The Kier molecular flexibility index (Phi) is 5.25. The van der Waals surface area contributed by atoms with E-state index >= 15 is 0 Å². The summed E-state index contributed by atoms with van der Waals surface area (Å²) in [4.78, 5) is 6.40. The van der Waals surface area contributed by atoms with Crippen LogP contribution in [0.2, 0.25) is 0 Å². The Labute approximate surface area is 128 Å². The van der Waals surface area contributed by atoms with E-state index in [2.05, 4.69) is 39.9 Å². The van der Waals surface area contributed by atoms with Gasteiger partial charge in [-0.1, -0.05) is 34.1 Å². The number of hydrogen-bond acceptors (Lipinski definition) is 3. The van der Waals surface area contributed by atoms with E-state index in [1.807, 2.05) is 11.3 Å². The van der Waals surface area contributed by atoms with Crippen molar-refractivity contribution in [1.82, 2.24) is 10.3 Å². The van der Waals surface area contributed by atoms with Crippen LogP contribution in [-0.4, -0.2) is 11.0 Å². The van der Waals surface area contributed by atoms with Crippen LogP contribution in [-0.2, 0) is 12.0 Å². The Morgan fingerprint density at radius 3 is 2.50 bits per heavy atom. The van der Waals surface area contributed by atoms with Gasteiger partial charge >= 0.3 is 0 Å². The predicted molar refractivity (Wildman–Crippen MR) is 88.4 cm³/mol. The molecule has 114 valence electrons. The summed E-state index contributed by atoms with van der Waals surface area (Å²) in [6.07, 6.45) is 7.34. The topological polar surface area (TPSA) is 24.9 Å². The van der Waals surface area contributed by atoms with Crippen LogP contribution in [0, 0.1) is 12.8 Å². The minimum atomic E-state index is 0.111. The van der Waals surface area contributed by atoms with Crippen molar-refractivity contribution in [3.05, 3.63) is 15.6 Å². The molecule has 2 rings (SSSR count). The van der Waals surface area contributed by atoms with E-state index in [0.717, 1.165) is 24.8 Å². The largest absolute Gasteiger partial charge is 0.303 e. The van der Waals surface area contributed by atoms with Crippen LogP contribution < -0.4 is 5.32 Å². The molecule has 1 aliphatic carbocycles. The second kappa shape index (κ2) is 6.57. The molecule has 20 heavy (non-hydrogen) atoms. The monoisotopic (exact) mass is 294 g/mol. The van der Waals surface area contributed by atoms with Gasteiger partial charge in [-0.25, -0.2) is 4.98 Å². The van der Waals surface area contributed by atoms with Crippen LogP contribution in [0.3, 0.4) is 0 Å². The van der Waals surface area contributed by atoms with Crippen LogP contribution in [0.4, 0.5) is 0 Å². The molecule has 0 bridgehead atoms. The molecule has 0 amide bonds. The van der Waals surface area contributed by atoms with Gasteiger partial charge in [0, 0.05) is 10.9 Å². The van der Waals surface area contributed by atoms with Gasteiger partial charge in [0.25, 0.3) is 0 Å². The van der Waals surface area contributed by atoms with E-state index in [1.165, 1.54) is 41.3 Å². The summed E-state index contributed by atoms with van der Waals surface area (Å²) in [6, 6.07) is 0.730. The number of aromatic nitrogens is 1. The molecule has 2 unspecified atom stereocenters. The van der Waals surface area contributed by atoms with E-state index in [0.29, 0.717) is 0 Å². The van der Waals surface area contributed by atoms with Gasteiger partial charge in [0.15, 0.2) is 0 Å². The fourth-order valence-electron chi connectivity index (χ4n) is 2.92.